The summed E-state index contributed by atoms with van der Waals surface area (Å²) in [6, 6.07) is 18.0. The van der Waals surface area contributed by atoms with Gasteiger partial charge in [-0.25, -0.2) is 5.10 Å². The highest BCUT2D eigenvalue weighted by Gasteiger charge is 2.23. The van der Waals surface area contributed by atoms with Crippen LogP contribution in [0.4, 0.5) is 0 Å². The van der Waals surface area contributed by atoms with E-state index >= 15 is 0 Å². The molecule has 7 heteroatoms. The topological polar surface area (TPSA) is 112 Å². The Labute approximate surface area is 148 Å². The smallest absolute Gasteiger partial charge is 0.322 e. The van der Waals surface area contributed by atoms with Crippen LogP contribution in [-0.4, -0.2) is 33.7 Å². The molecule has 1 amide bonds. The van der Waals surface area contributed by atoms with Crippen LogP contribution in [0.1, 0.15) is 10.4 Å². The fourth-order valence-corrected chi connectivity index (χ4v) is 2.60. The summed E-state index contributed by atoms with van der Waals surface area (Å²) in [6.07, 6.45) is 0. The summed E-state index contributed by atoms with van der Waals surface area (Å²) in [6.45, 7) is -0.588. The van der Waals surface area contributed by atoms with Crippen molar-refractivity contribution in [2.45, 2.75) is 0 Å². The van der Waals surface area contributed by atoms with Gasteiger partial charge in [-0.15, -0.1) is 0 Å². The van der Waals surface area contributed by atoms with Gasteiger partial charge in [-0.3, -0.25) is 14.4 Å². The van der Waals surface area contributed by atoms with Crippen molar-refractivity contribution < 1.29 is 14.7 Å². The first-order valence-corrected chi connectivity index (χ1v) is 7.81. The van der Waals surface area contributed by atoms with E-state index < -0.39 is 24.0 Å². The van der Waals surface area contributed by atoms with Gasteiger partial charge in [0.05, 0.1) is 5.69 Å². The number of aromatic amines is 1. The molecule has 0 aliphatic carbocycles. The zero-order valence-electron chi connectivity index (χ0n) is 13.6. The first-order valence-electron chi connectivity index (χ1n) is 7.81. The molecular weight excluding hydrogens is 334 g/mol. The van der Waals surface area contributed by atoms with Gasteiger partial charge >= 0.3 is 5.97 Å². The number of nitrogens with zero attached hydrogens (tertiary/aromatic N) is 1. The van der Waals surface area contributed by atoms with Crippen LogP contribution in [0.25, 0.3) is 22.4 Å². The Balaban J connectivity index is 2.24. The molecule has 3 N–H and O–H groups in total. The molecule has 0 fully saturated rings. The second kappa shape index (κ2) is 7.43. The lowest BCUT2D eigenvalue weighted by Gasteiger charge is -2.13. The second-order valence-corrected chi connectivity index (χ2v) is 5.46. The molecule has 0 atom stereocenters. The van der Waals surface area contributed by atoms with Gasteiger partial charge in [0.15, 0.2) is 0 Å². The van der Waals surface area contributed by atoms with Crippen LogP contribution in [0.3, 0.4) is 0 Å². The highest BCUT2D eigenvalue weighted by molar-refractivity contribution is 6.04. The summed E-state index contributed by atoms with van der Waals surface area (Å²) in [5, 5.41) is 17.5. The minimum atomic E-state index is -1.20. The summed E-state index contributed by atoms with van der Waals surface area (Å²) in [7, 11) is 0. The van der Waals surface area contributed by atoms with Crippen LogP contribution in [0.2, 0.25) is 0 Å². The van der Waals surface area contributed by atoms with Crippen molar-refractivity contribution >= 4 is 11.9 Å². The molecule has 3 aromatic rings. The van der Waals surface area contributed by atoms with Crippen molar-refractivity contribution in [3.8, 4) is 22.4 Å². The standard InChI is InChI=1S/C19H15N3O4/c23-14(24)11-20-18(25)16-15(12-7-3-1-4-8-12)17(21-22-19(16)26)13-9-5-2-6-10-13/h1-10H,11H2,(H,20,25)(H,22,26)(H,23,24). The molecule has 0 saturated carbocycles. The lowest BCUT2D eigenvalue weighted by molar-refractivity contribution is -0.135. The normalized spacial score (nSPS) is 10.3. The van der Waals surface area contributed by atoms with E-state index in [-0.39, 0.29) is 5.56 Å². The molecule has 0 bridgehead atoms. The lowest BCUT2D eigenvalue weighted by Crippen LogP contribution is -2.34. The molecule has 0 aliphatic rings. The second-order valence-electron chi connectivity index (χ2n) is 5.46. The molecule has 3 rings (SSSR count). The zero-order chi connectivity index (χ0) is 18.5. The Bertz CT molecular complexity index is 998. The zero-order valence-corrected chi connectivity index (χ0v) is 13.6. The molecule has 0 spiro atoms. The number of carboxylic acids is 1. The Morgan fingerprint density at radius 2 is 1.54 bits per heavy atom. The Morgan fingerprint density at radius 1 is 0.962 bits per heavy atom. The van der Waals surface area contributed by atoms with Crippen molar-refractivity contribution in [1.82, 2.24) is 15.5 Å². The number of aromatic nitrogens is 2. The maximum atomic E-state index is 12.5. The van der Waals surface area contributed by atoms with E-state index in [1.54, 1.807) is 24.3 Å². The first kappa shape index (κ1) is 17.1. The monoisotopic (exact) mass is 349 g/mol. The van der Waals surface area contributed by atoms with Crippen LogP contribution in [0.15, 0.2) is 65.5 Å². The van der Waals surface area contributed by atoms with Gasteiger partial charge in [0.2, 0.25) is 0 Å². The molecule has 130 valence electrons. The van der Waals surface area contributed by atoms with Gasteiger partial charge in [-0.2, -0.15) is 5.10 Å². The number of aliphatic carboxylic acids is 1. The van der Waals surface area contributed by atoms with Crippen molar-refractivity contribution in [3.05, 3.63) is 76.6 Å². The maximum absolute atomic E-state index is 12.5. The molecule has 0 radical (unpaired) electrons. The van der Waals surface area contributed by atoms with Gasteiger partial charge < -0.3 is 10.4 Å². The third kappa shape index (κ3) is 3.51. The SMILES string of the molecule is O=C(O)CNC(=O)c1c(-c2ccccc2)c(-c2ccccc2)n[nH]c1=O. The van der Waals surface area contributed by atoms with E-state index in [1.165, 1.54) is 0 Å². The number of carboxylic acid groups (broad SMARTS) is 1. The summed E-state index contributed by atoms with van der Waals surface area (Å²) in [4.78, 5) is 35.6. The highest BCUT2D eigenvalue weighted by atomic mass is 16.4. The predicted octanol–water partition coefficient (Wildman–Crippen LogP) is 1.92. The quantitative estimate of drug-likeness (QED) is 0.651. The molecule has 1 heterocycles. The minimum Gasteiger partial charge on any atom is -0.480 e. The third-order valence-electron chi connectivity index (χ3n) is 3.72. The van der Waals surface area contributed by atoms with Crippen molar-refractivity contribution in [2.75, 3.05) is 6.54 Å². The number of carbonyl (C=O) groups excluding carboxylic acids is 1. The minimum absolute atomic E-state index is 0.175. The van der Waals surface area contributed by atoms with E-state index in [4.69, 9.17) is 5.11 Å². The van der Waals surface area contributed by atoms with Crippen LogP contribution in [0.5, 0.6) is 0 Å². The van der Waals surface area contributed by atoms with Gasteiger partial charge in [0.25, 0.3) is 11.5 Å². The fourth-order valence-electron chi connectivity index (χ4n) is 2.60. The number of rotatable bonds is 5. The number of carbonyl (C=O) groups is 2. The molecule has 7 nitrogen and oxygen atoms in total. The van der Waals surface area contributed by atoms with Gasteiger partial charge in [0.1, 0.15) is 12.1 Å². The molecule has 0 unspecified atom stereocenters. The maximum Gasteiger partial charge on any atom is 0.322 e. The average Bonchev–Trinajstić information content (AvgIpc) is 2.67. The number of benzene rings is 2. The van der Waals surface area contributed by atoms with Crippen LogP contribution in [-0.2, 0) is 4.79 Å². The fraction of sp³-hybridized carbons (Fsp3) is 0.0526. The summed E-state index contributed by atoms with van der Waals surface area (Å²) < 4.78 is 0. The van der Waals surface area contributed by atoms with Crippen LogP contribution in [0, 0.1) is 0 Å². The van der Waals surface area contributed by atoms with Crippen LogP contribution >= 0.6 is 0 Å². The largest absolute Gasteiger partial charge is 0.480 e. The summed E-state index contributed by atoms with van der Waals surface area (Å²) in [5.74, 6) is -1.97. The number of H-pyrrole nitrogens is 1. The van der Waals surface area contributed by atoms with E-state index in [1.807, 2.05) is 36.4 Å². The summed E-state index contributed by atoms with van der Waals surface area (Å²) >= 11 is 0. The number of hydrogen-bond donors (Lipinski definition) is 3. The Kier molecular flexibility index (Phi) is 4.89. The lowest BCUT2D eigenvalue weighted by atomic mass is 9.95. The predicted molar refractivity (Wildman–Crippen MR) is 95.7 cm³/mol. The molecule has 26 heavy (non-hydrogen) atoms. The average molecular weight is 349 g/mol. The molecule has 1 aromatic heterocycles. The van der Waals surface area contributed by atoms with Crippen molar-refractivity contribution in [3.63, 3.8) is 0 Å². The first-order chi connectivity index (χ1) is 12.6. The van der Waals surface area contributed by atoms with Crippen molar-refractivity contribution in [1.29, 1.82) is 0 Å². The molecule has 0 saturated heterocycles. The van der Waals surface area contributed by atoms with E-state index in [0.29, 0.717) is 16.8 Å². The molecule has 0 aliphatic heterocycles. The van der Waals surface area contributed by atoms with E-state index in [0.717, 1.165) is 5.56 Å². The molecule has 2 aromatic carbocycles. The third-order valence-corrected chi connectivity index (χ3v) is 3.72. The van der Waals surface area contributed by atoms with Crippen LogP contribution < -0.4 is 10.9 Å². The molecular formula is C19H15N3O4. The Morgan fingerprint density at radius 3 is 2.12 bits per heavy atom. The van der Waals surface area contributed by atoms with E-state index in [2.05, 4.69) is 15.5 Å². The van der Waals surface area contributed by atoms with Gasteiger partial charge in [0, 0.05) is 11.1 Å². The Hall–Kier alpha value is -3.74. The number of nitrogens with one attached hydrogen (secondary N) is 2. The van der Waals surface area contributed by atoms with Gasteiger partial charge in [-0.1, -0.05) is 60.7 Å². The van der Waals surface area contributed by atoms with E-state index in [9.17, 15) is 14.4 Å². The number of hydrogen-bond acceptors (Lipinski definition) is 4. The van der Waals surface area contributed by atoms with Gasteiger partial charge in [-0.05, 0) is 5.56 Å². The van der Waals surface area contributed by atoms with Crippen molar-refractivity contribution in [2.24, 2.45) is 0 Å². The highest BCUT2D eigenvalue weighted by Crippen LogP contribution is 2.31. The number of amides is 1. The summed E-state index contributed by atoms with van der Waals surface area (Å²) in [5.41, 5.74) is 1.26.